The van der Waals surface area contributed by atoms with Gasteiger partial charge in [-0.15, -0.1) is 0 Å². The van der Waals surface area contributed by atoms with Gasteiger partial charge in [0.1, 0.15) is 0 Å². The largest absolute Gasteiger partial charge is 0.304 e. The lowest BCUT2D eigenvalue weighted by Gasteiger charge is -2.23. The molecule has 1 N–H and O–H groups in total. The molecule has 0 saturated carbocycles. The zero-order chi connectivity index (χ0) is 15.6. The zero-order valence-electron chi connectivity index (χ0n) is 13.5. The molecule has 0 aliphatic rings. The Kier molecular flexibility index (Phi) is 5.08. The summed E-state index contributed by atoms with van der Waals surface area (Å²) in [6, 6.07) is 13.1. The molecule has 21 heavy (non-hydrogen) atoms. The summed E-state index contributed by atoms with van der Waals surface area (Å²) in [5.74, 6) is 0. The molecule has 2 heteroatoms. The van der Waals surface area contributed by atoms with Gasteiger partial charge in [0.2, 0.25) is 0 Å². The van der Waals surface area contributed by atoms with Crippen molar-refractivity contribution in [2.45, 2.75) is 46.7 Å². The van der Waals surface area contributed by atoms with Gasteiger partial charge < -0.3 is 5.32 Å². The lowest BCUT2D eigenvalue weighted by atomic mass is 9.95. The Balaban J connectivity index is 2.20. The number of halogens is 1. The fraction of sp³-hybridized carbons (Fsp3) is 0.368. The summed E-state index contributed by atoms with van der Waals surface area (Å²) < 4.78 is 0. The molecular formula is C19H24ClN. The van der Waals surface area contributed by atoms with Gasteiger partial charge >= 0.3 is 0 Å². The van der Waals surface area contributed by atoms with Crippen molar-refractivity contribution < 1.29 is 0 Å². The highest BCUT2D eigenvalue weighted by atomic mass is 35.5. The number of rotatable bonds is 4. The van der Waals surface area contributed by atoms with Crippen LogP contribution in [0.4, 0.5) is 0 Å². The Morgan fingerprint density at radius 2 is 1.38 bits per heavy atom. The number of hydrogen-bond donors (Lipinski definition) is 1. The Hall–Kier alpha value is -1.31. The molecular weight excluding hydrogens is 278 g/mol. The van der Waals surface area contributed by atoms with Crippen molar-refractivity contribution in [3.63, 3.8) is 0 Å². The molecule has 2 atom stereocenters. The van der Waals surface area contributed by atoms with Crippen LogP contribution in [0.1, 0.15) is 53.7 Å². The van der Waals surface area contributed by atoms with Crippen molar-refractivity contribution >= 4 is 11.6 Å². The average molecular weight is 302 g/mol. The Bertz CT molecular complexity index is 633. The number of hydrogen-bond acceptors (Lipinski definition) is 1. The van der Waals surface area contributed by atoms with Crippen LogP contribution >= 0.6 is 11.6 Å². The van der Waals surface area contributed by atoms with Crippen LogP contribution in [-0.2, 0) is 0 Å². The highest BCUT2D eigenvalue weighted by Gasteiger charge is 2.15. The monoisotopic (exact) mass is 301 g/mol. The lowest BCUT2D eigenvalue weighted by Crippen LogP contribution is -2.23. The zero-order valence-corrected chi connectivity index (χ0v) is 14.3. The summed E-state index contributed by atoms with van der Waals surface area (Å²) in [7, 11) is 0. The number of nitrogens with one attached hydrogen (secondary N) is 1. The normalized spacial score (nSPS) is 14.0. The van der Waals surface area contributed by atoms with E-state index in [0.717, 1.165) is 10.6 Å². The first-order valence-electron chi connectivity index (χ1n) is 7.48. The molecule has 0 spiro atoms. The maximum atomic E-state index is 6.29. The Labute approximate surface area is 133 Å². The van der Waals surface area contributed by atoms with Crippen molar-refractivity contribution in [3.8, 4) is 0 Å². The number of aryl methyl sites for hydroxylation is 3. The molecule has 0 radical (unpaired) electrons. The van der Waals surface area contributed by atoms with Gasteiger partial charge in [0, 0.05) is 17.1 Å². The third kappa shape index (κ3) is 3.66. The van der Waals surface area contributed by atoms with E-state index in [0.29, 0.717) is 0 Å². The maximum absolute atomic E-state index is 6.29. The third-order valence-corrected chi connectivity index (χ3v) is 4.56. The predicted octanol–water partition coefficient (Wildman–Crippen LogP) is 5.68. The highest BCUT2D eigenvalue weighted by molar-refractivity contribution is 6.31. The molecule has 112 valence electrons. The van der Waals surface area contributed by atoms with Crippen molar-refractivity contribution in [1.82, 2.24) is 5.32 Å². The first-order chi connectivity index (χ1) is 9.90. The van der Waals surface area contributed by atoms with Crippen LogP contribution in [0.25, 0.3) is 0 Å². The molecule has 1 unspecified atom stereocenters. The van der Waals surface area contributed by atoms with Gasteiger partial charge in [0.05, 0.1) is 0 Å². The Morgan fingerprint density at radius 1 is 0.810 bits per heavy atom. The second-order valence-electron chi connectivity index (χ2n) is 5.92. The summed E-state index contributed by atoms with van der Waals surface area (Å²) in [6.07, 6.45) is 0. The van der Waals surface area contributed by atoms with E-state index < -0.39 is 0 Å². The van der Waals surface area contributed by atoms with Crippen LogP contribution in [0.15, 0.2) is 36.4 Å². The van der Waals surface area contributed by atoms with Crippen LogP contribution in [0.5, 0.6) is 0 Å². The second-order valence-corrected chi connectivity index (χ2v) is 6.33. The summed E-state index contributed by atoms with van der Waals surface area (Å²) in [5, 5.41) is 4.48. The van der Waals surface area contributed by atoms with Gasteiger partial charge in [-0.25, -0.2) is 0 Å². The highest BCUT2D eigenvalue weighted by Crippen LogP contribution is 2.27. The molecule has 0 aliphatic heterocycles. The minimum absolute atomic E-state index is 0.217. The Morgan fingerprint density at radius 3 is 2.05 bits per heavy atom. The van der Waals surface area contributed by atoms with E-state index in [-0.39, 0.29) is 12.1 Å². The first-order valence-corrected chi connectivity index (χ1v) is 7.86. The minimum Gasteiger partial charge on any atom is -0.304 e. The van der Waals surface area contributed by atoms with Crippen molar-refractivity contribution in [2.24, 2.45) is 0 Å². The van der Waals surface area contributed by atoms with Crippen LogP contribution in [0, 0.1) is 20.8 Å². The lowest BCUT2D eigenvalue weighted by molar-refractivity contribution is 0.493. The molecule has 0 aliphatic carbocycles. The van der Waals surface area contributed by atoms with Crippen molar-refractivity contribution in [1.29, 1.82) is 0 Å². The summed E-state index contributed by atoms with van der Waals surface area (Å²) in [6.45, 7) is 10.9. The summed E-state index contributed by atoms with van der Waals surface area (Å²) in [5.41, 5.74) is 6.53. The minimum atomic E-state index is 0.217. The molecule has 0 bridgehead atoms. The maximum Gasteiger partial charge on any atom is 0.0453 e. The fourth-order valence-corrected chi connectivity index (χ4v) is 3.13. The van der Waals surface area contributed by atoms with E-state index in [1.165, 1.54) is 22.3 Å². The second kappa shape index (κ2) is 6.64. The average Bonchev–Trinajstić information content (AvgIpc) is 2.43. The smallest absolute Gasteiger partial charge is 0.0453 e. The van der Waals surface area contributed by atoms with E-state index in [2.05, 4.69) is 58.1 Å². The van der Waals surface area contributed by atoms with E-state index in [4.69, 9.17) is 11.6 Å². The standard InChI is InChI=1S/C19H24ClN/c1-12-10-14(3)18(11-13(12)2)16(5)21-15(4)17-8-6-7-9-19(17)20/h6-11,15-16,21H,1-5H3/t15-,16?/m0/s1. The fourth-order valence-electron chi connectivity index (χ4n) is 2.83. The molecule has 0 amide bonds. The predicted molar refractivity (Wildman–Crippen MR) is 92.1 cm³/mol. The summed E-state index contributed by atoms with van der Waals surface area (Å²) in [4.78, 5) is 0. The first kappa shape index (κ1) is 16.1. The van der Waals surface area contributed by atoms with Crippen LogP contribution in [0.2, 0.25) is 5.02 Å². The number of benzene rings is 2. The van der Waals surface area contributed by atoms with Gasteiger partial charge in [-0.2, -0.15) is 0 Å². The molecule has 0 aromatic heterocycles. The van der Waals surface area contributed by atoms with Crippen LogP contribution < -0.4 is 5.32 Å². The van der Waals surface area contributed by atoms with Crippen molar-refractivity contribution in [2.75, 3.05) is 0 Å². The molecule has 0 fully saturated rings. The third-order valence-electron chi connectivity index (χ3n) is 4.22. The SMILES string of the molecule is Cc1cc(C)c(C(C)N[C@@H](C)c2ccccc2Cl)cc1C. The van der Waals surface area contributed by atoms with Gasteiger partial charge in [0.15, 0.2) is 0 Å². The molecule has 0 saturated heterocycles. The van der Waals surface area contributed by atoms with Crippen LogP contribution in [0.3, 0.4) is 0 Å². The topological polar surface area (TPSA) is 12.0 Å². The van der Waals surface area contributed by atoms with Gasteiger partial charge in [-0.1, -0.05) is 41.9 Å². The summed E-state index contributed by atoms with van der Waals surface area (Å²) >= 11 is 6.29. The van der Waals surface area contributed by atoms with E-state index in [9.17, 15) is 0 Å². The van der Waals surface area contributed by atoms with E-state index >= 15 is 0 Å². The van der Waals surface area contributed by atoms with Gasteiger partial charge in [-0.05, 0) is 68.5 Å². The van der Waals surface area contributed by atoms with E-state index in [1.807, 2.05) is 18.2 Å². The molecule has 2 rings (SSSR count). The molecule has 2 aromatic rings. The quantitative estimate of drug-likeness (QED) is 0.766. The van der Waals surface area contributed by atoms with Gasteiger partial charge in [0.25, 0.3) is 0 Å². The molecule has 0 heterocycles. The van der Waals surface area contributed by atoms with Crippen LogP contribution in [-0.4, -0.2) is 0 Å². The molecule has 2 aromatic carbocycles. The van der Waals surface area contributed by atoms with Crippen molar-refractivity contribution in [3.05, 3.63) is 69.2 Å². The van der Waals surface area contributed by atoms with Gasteiger partial charge in [-0.3, -0.25) is 0 Å². The van der Waals surface area contributed by atoms with E-state index in [1.54, 1.807) is 0 Å². The molecule has 1 nitrogen and oxygen atoms in total.